The summed E-state index contributed by atoms with van der Waals surface area (Å²) < 4.78 is 33.9. The zero-order valence-electron chi connectivity index (χ0n) is 20.7. The van der Waals surface area contributed by atoms with E-state index in [1.165, 1.54) is 12.5 Å². The quantitative estimate of drug-likeness (QED) is 0.484. The molecular formula is C25H34Cl3N3O4S. The van der Waals surface area contributed by atoms with E-state index >= 15 is 0 Å². The molecule has 2 heterocycles. The number of piperazine rings is 1. The van der Waals surface area contributed by atoms with Crippen molar-refractivity contribution in [2.75, 3.05) is 39.3 Å². The van der Waals surface area contributed by atoms with Crippen molar-refractivity contribution in [1.82, 2.24) is 14.1 Å². The number of nitrogens with zero attached hydrogens (tertiary/aromatic N) is 3. The summed E-state index contributed by atoms with van der Waals surface area (Å²) in [5.74, 6) is -0.286. The minimum absolute atomic E-state index is 0. The number of halogens is 3. The largest absolute Gasteiger partial charge is 0.459 e. The summed E-state index contributed by atoms with van der Waals surface area (Å²) in [6, 6.07) is 13.6. The Kier molecular flexibility index (Phi) is 11.1. The van der Waals surface area contributed by atoms with Crippen molar-refractivity contribution in [3.8, 4) is 0 Å². The molecule has 36 heavy (non-hydrogen) atoms. The van der Waals surface area contributed by atoms with Gasteiger partial charge in [0.1, 0.15) is 6.10 Å². The maximum atomic E-state index is 13.4. The highest BCUT2D eigenvalue weighted by Crippen LogP contribution is 2.28. The van der Waals surface area contributed by atoms with Gasteiger partial charge in [-0.05, 0) is 42.7 Å². The van der Waals surface area contributed by atoms with Crippen LogP contribution in [0.4, 0.5) is 0 Å². The summed E-state index contributed by atoms with van der Waals surface area (Å²) in [6.07, 6.45) is -0.231. The Morgan fingerprint density at radius 2 is 1.64 bits per heavy atom. The van der Waals surface area contributed by atoms with Crippen molar-refractivity contribution in [1.29, 1.82) is 0 Å². The third kappa shape index (κ3) is 6.92. The van der Waals surface area contributed by atoms with Crippen LogP contribution in [0.2, 0.25) is 5.02 Å². The molecule has 11 heteroatoms. The second kappa shape index (κ2) is 12.9. The summed E-state index contributed by atoms with van der Waals surface area (Å²) in [5, 5.41) is 0.569. The standard InChI is InChI=1S/C25H32ClN3O4S.2ClH/c1-18-14-25(19(2)13-22(18)26)34(31,32)29-11-9-28(10-12-29)23-16-27(17-24(23)33-20(3)30)15-21-7-5-4-6-8-21;;/h4-8,13-14,23-24H,9-12,15-17H2,1-3H3;2*1H. The van der Waals surface area contributed by atoms with Crippen LogP contribution in [0, 0.1) is 13.8 Å². The molecule has 0 saturated carbocycles. The van der Waals surface area contributed by atoms with E-state index in [0.29, 0.717) is 48.2 Å². The second-order valence-electron chi connectivity index (χ2n) is 9.20. The monoisotopic (exact) mass is 577 g/mol. The molecule has 2 unspecified atom stereocenters. The highest BCUT2D eigenvalue weighted by atomic mass is 35.5. The molecule has 2 atom stereocenters. The number of sulfonamides is 1. The minimum atomic E-state index is -3.61. The fourth-order valence-electron chi connectivity index (χ4n) is 4.93. The van der Waals surface area contributed by atoms with Crippen LogP contribution in [-0.4, -0.2) is 79.9 Å². The van der Waals surface area contributed by atoms with Crippen molar-refractivity contribution in [2.45, 2.75) is 44.4 Å². The predicted octanol–water partition coefficient (Wildman–Crippen LogP) is 3.92. The number of rotatable bonds is 6. The van der Waals surface area contributed by atoms with E-state index in [0.717, 1.165) is 18.7 Å². The van der Waals surface area contributed by atoms with Gasteiger partial charge in [0.05, 0.1) is 10.9 Å². The topological polar surface area (TPSA) is 70.2 Å². The molecule has 0 N–H and O–H groups in total. The van der Waals surface area contributed by atoms with Gasteiger partial charge < -0.3 is 4.74 Å². The molecule has 7 nitrogen and oxygen atoms in total. The van der Waals surface area contributed by atoms with E-state index < -0.39 is 10.0 Å². The van der Waals surface area contributed by atoms with Crippen LogP contribution in [-0.2, 0) is 26.1 Å². The SMILES string of the molecule is CC(=O)OC1CN(Cc2ccccc2)CC1N1CCN(S(=O)(=O)c2cc(C)c(Cl)cc2C)CC1.Cl.Cl. The van der Waals surface area contributed by atoms with Crippen molar-refractivity contribution in [2.24, 2.45) is 0 Å². The van der Waals surface area contributed by atoms with Crippen molar-refractivity contribution in [3.63, 3.8) is 0 Å². The average molecular weight is 579 g/mol. The first-order chi connectivity index (χ1) is 16.1. The molecule has 2 aliphatic heterocycles. The van der Waals surface area contributed by atoms with Gasteiger partial charge in [0.15, 0.2) is 0 Å². The van der Waals surface area contributed by atoms with Gasteiger partial charge in [0, 0.05) is 57.8 Å². The Labute approximate surface area is 231 Å². The van der Waals surface area contributed by atoms with E-state index in [2.05, 4.69) is 21.9 Å². The Bertz CT molecular complexity index is 1140. The van der Waals surface area contributed by atoms with Crippen LogP contribution in [0.3, 0.4) is 0 Å². The van der Waals surface area contributed by atoms with E-state index in [-0.39, 0.29) is 42.9 Å². The fraction of sp³-hybridized carbons (Fsp3) is 0.480. The van der Waals surface area contributed by atoms with E-state index in [1.54, 1.807) is 23.4 Å². The van der Waals surface area contributed by atoms with E-state index in [4.69, 9.17) is 16.3 Å². The van der Waals surface area contributed by atoms with Crippen LogP contribution in [0.25, 0.3) is 0 Å². The number of likely N-dealkylation sites (tertiary alicyclic amines) is 1. The molecule has 2 saturated heterocycles. The van der Waals surface area contributed by atoms with Gasteiger partial charge in [0.2, 0.25) is 10.0 Å². The summed E-state index contributed by atoms with van der Waals surface area (Å²) in [6.45, 7) is 9.23. The summed E-state index contributed by atoms with van der Waals surface area (Å²) in [5.41, 5.74) is 2.62. The molecule has 2 aliphatic rings. The lowest BCUT2D eigenvalue weighted by Gasteiger charge is -2.39. The molecule has 2 fully saturated rings. The first-order valence-electron chi connectivity index (χ1n) is 11.6. The Balaban J connectivity index is 0.00000228. The highest BCUT2D eigenvalue weighted by Gasteiger charge is 2.41. The zero-order chi connectivity index (χ0) is 24.5. The molecule has 0 radical (unpaired) electrons. The summed E-state index contributed by atoms with van der Waals surface area (Å²) in [4.78, 5) is 16.6. The van der Waals surface area contributed by atoms with Gasteiger partial charge in [-0.3, -0.25) is 14.6 Å². The number of hydrogen-bond donors (Lipinski definition) is 0. The van der Waals surface area contributed by atoms with Crippen molar-refractivity contribution >= 4 is 52.4 Å². The number of carbonyl (C=O) groups excluding carboxylic acids is 1. The molecule has 0 aliphatic carbocycles. The molecule has 4 rings (SSSR count). The number of aryl methyl sites for hydroxylation is 2. The maximum absolute atomic E-state index is 13.4. The molecule has 0 spiro atoms. The first kappa shape index (κ1) is 30.8. The number of carbonyl (C=O) groups is 1. The van der Waals surface area contributed by atoms with E-state index in [9.17, 15) is 13.2 Å². The molecule has 0 bridgehead atoms. The molecular weight excluding hydrogens is 545 g/mol. The second-order valence-corrected chi connectivity index (χ2v) is 11.5. The van der Waals surface area contributed by atoms with Gasteiger partial charge in [-0.2, -0.15) is 4.31 Å². The number of ether oxygens (including phenoxy) is 1. The molecule has 200 valence electrons. The lowest BCUT2D eigenvalue weighted by Crippen LogP contribution is -2.55. The average Bonchev–Trinajstić information content (AvgIpc) is 3.18. The van der Waals surface area contributed by atoms with Gasteiger partial charge in [-0.25, -0.2) is 8.42 Å². The number of hydrogen-bond acceptors (Lipinski definition) is 6. The Morgan fingerprint density at radius 1 is 1.00 bits per heavy atom. The zero-order valence-corrected chi connectivity index (χ0v) is 23.9. The Hall–Kier alpha value is -1.39. The van der Waals surface area contributed by atoms with Crippen LogP contribution < -0.4 is 0 Å². The molecule has 0 amide bonds. The molecule has 2 aromatic carbocycles. The summed E-state index contributed by atoms with van der Waals surface area (Å²) in [7, 11) is -3.61. The van der Waals surface area contributed by atoms with Gasteiger partial charge >= 0.3 is 5.97 Å². The smallest absolute Gasteiger partial charge is 0.303 e. The first-order valence-corrected chi connectivity index (χ1v) is 13.4. The Morgan fingerprint density at radius 3 is 2.25 bits per heavy atom. The summed E-state index contributed by atoms with van der Waals surface area (Å²) >= 11 is 6.17. The van der Waals surface area contributed by atoms with Crippen molar-refractivity contribution < 1.29 is 17.9 Å². The normalized spacial score (nSPS) is 21.4. The third-order valence-electron chi connectivity index (χ3n) is 6.70. The van der Waals surface area contributed by atoms with Crippen LogP contribution in [0.5, 0.6) is 0 Å². The number of esters is 1. The number of benzene rings is 2. The molecule has 2 aromatic rings. The minimum Gasteiger partial charge on any atom is -0.459 e. The molecule has 0 aromatic heterocycles. The lowest BCUT2D eigenvalue weighted by molar-refractivity contribution is -0.148. The van der Waals surface area contributed by atoms with Gasteiger partial charge in [-0.15, -0.1) is 24.8 Å². The lowest BCUT2D eigenvalue weighted by atomic mass is 10.1. The maximum Gasteiger partial charge on any atom is 0.303 e. The highest BCUT2D eigenvalue weighted by molar-refractivity contribution is 7.89. The van der Waals surface area contributed by atoms with Gasteiger partial charge in [0.25, 0.3) is 0 Å². The van der Waals surface area contributed by atoms with Crippen molar-refractivity contribution in [3.05, 3.63) is 64.2 Å². The van der Waals surface area contributed by atoms with Crippen LogP contribution >= 0.6 is 36.4 Å². The predicted molar refractivity (Wildman–Crippen MR) is 147 cm³/mol. The van der Waals surface area contributed by atoms with E-state index in [1.807, 2.05) is 25.1 Å². The van der Waals surface area contributed by atoms with Crippen LogP contribution in [0.1, 0.15) is 23.6 Å². The van der Waals surface area contributed by atoms with Crippen LogP contribution in [0.15, 0.2) is 47.4 Å². The van der Waals surface area contributed by atoms with Gasteiger partial charge in [-0.1, -0.05) is 41.9 Å². The third-order valence-corrected chi connectivity index (χ3v) is 9.14. The fourth-order valence-corrected chi connectivity index (χ4v) is 6.86.